The van der Waals surface area contributed by atoms with Gasteiger partial charge in [-0.25, -0.2) is 9.67 Å². The number of nitrogens with one attached hydrogen (secondary N) is 1. The Morgan fingerprint density at radius 2 is 2.00 bits per heavy atom. The standard InChI is InChI=1S/C14H12BrClN6S/c1-22-14(19-20-21-22)23-13(9-2-4-10(15)5-3-9)18-12-7-6-11(16)8-17-12/h2-8,13H,1H3,(H,17,18). The average molecular weight is 412 g/mol. The van der Waals surface area contributed by atoms with Gasteiger partial charge in [-0.15, -0.1) is 5.10 Å². The third-order valence-electron chi connectivity index (χ3n) is 2.98. The van der Waals surface area contributed by atoms with E-state index in [4.69, 9.17) is 11.6 Å². The van der Waals surface area contributed by atoms with E-state index < -0.39 is 0 Å². The van der Waals surface area contributed by atoms with Crippen molar-refractivity contribution in [1.82, 2.24) is 25.2 Å². The van der Waals surface area contributed by atoms with E-state index in [1.165, 1.54) is 11.8 Å². The van der Waals surface area contributed by atoms with E-state index in [2.05, 4.69) is 41.8 Å². The molecular formula is C14H12BrClN6S. The monoisotopic (exact) mass is 410 g/mol. The van der Waals surface area contributed by atoms with Gasteiger partial charge in [0.05, 0.1) is 5.02 Å². The van der Waals surface area contributed by atoms with E-state index in [0.717, 1.165) is 15.9 Å². The van der Waals surface area contributed by atoms with Gasteiger partial charge in [-0.2, -0.15) is 0 Å². The summed E-state index contributed by atoms with van der Waals surface area (Å²) in [5.41, 5.74) is 1.08. The lowest BCUT2D eigenvalue weighted by Crippen LogP contribution is -2.09. The maximum Gasteiger partial charge on any atom is 0.211 e. The van der Waals surface area contributed by atoms with Crippen molar-refractivity contribution in [3.63, 3.8) is 0 Å². The van der Waals surface area contributed by atoms with Crippen molar-refractivity contribution in [3.05, 3.63) is 57.7 Å². The average Bonchev–Trinajstić information content (AvgIpc) is 2.95. The van der Waals surface area contributed by atoms with Gasteiger partial charge in [0.1, 0.15) is 11.2 Å². The molecule has 0 fully saturated rings. The predicted octanol–water partition coefficient (Wildman–Crippen LogP) is 3.92. The molecule has 3 aromatic rings. The first-order valence-corrected chi connectivity index (χ1v) is 8.69. The van der Waals surface area contributed by atoms with Crippen LogP contribution in [0.25, 0.3) is 0 Å². The minimum atomic E-state index is -0.0959. The molecule has 0 aliphatic heterocycles. The van der Waals surface area contributed by atoms with E-state index in [1.807, 2.05) is 37.4 Å². The smallest absolute Gasteiger partial charge is 0.211 e. The fourth-order valence-corrected chi connectivity index (χ4v) is 3.17. The summed E-state index contributed by atoms with van der Waals surface area (Å²) in [4.78, 5) is 4.29. The largest absolute Gasteiger partial charge is 0.354 e. The predicted molar refractivity (Wildman–Crippen MR) is 94.4 cm³/mol. The zero-order valence-electron chi connectivity index (χ0n) is 12.0. The highest BCUT2D eigenvalue weighted by atomic mass is 79.9. The maximum atomic E-state index is 5.89. The summed E-state index contributed by atoms with van der Waals surface area (Å²) in [6.45, 7) is 0. The number of aryl methyl sites for hydroxylation is 1. The first-order valence-electron chi connectivity index (χ1n) is 6.64. The van der Waals surface area contributed by atoms with Crippen LogP contribution < -0.4 is 5.32 Å². The Labute approximate surface area is 150 Å². The van der Waals surface area contributed by atoms with Crippen molar-refractivity contribution in [3.8, 4) is 0 Å². The molecule has 9 heteroatoms. The number of thioether (sulfide) groups is 1. The Balaban J connectivity index is 1.87. The van der Waals surface area contributed by atoms with Crippen LogP contribution in [0.3, 0.4) is 0 Å². The molecule has 2 aromatic heterocycles. The summed E-state index contributed by atoms with van der Waals surface area (Å²) >= 11 is 10.8. The highest BCUT2D eigenvalue weighted by Crippen LogP contribution is 2.34. The Morgan fingerprint density at radius 3 is 2.61 bits per heavy atom. The molecule has 3 rings (SSSR count). The third-order valence-corrected chi connectivity index (χ3v) is 4.92. The fraction of sp³-hybridized carbons (Fsp3) is 0.143. The van der Waals surface area contributed by atoms with Gasteiger partial charge >= 0.3 is 0 Å². The first kappa shape index (κ1) is 16.2. The van der Waals surface area contributed by atoms with Gasteiger partial charge in [0.25, 0.3) is 0 Å². The molecule has 0 bridgehead atoms. The molecule has 0 radical (unpaired) electrons. The van der Waals surface area contributed by atoms with Crippen LogP contribution >= 0.6 is 39.3 Å². The number of hydrogen-bond acceptors (Lipinski definition) is 6. The molecule has 1 atom stereocenters. The highest BCUT2D eigenvalue weighted by Gasteiger charge is 2.17. The van der Waals surface area contributed by atoms with E-state index in [1.54, 1.807) is 16.9 Å². The summed E-state index contributed by atoms with van der Waals surface area (Å²) in [6.07, 6.45) is 1.61. The number of pyridine rings is 1. The van der Waals surface area contributed by atoms with Gasteiger partial charge in [-0.1, -0.05) is 51.4 Å². The van der Waals surface area contributed by atoms with E-state index in [0.29, 0.717) is 10.2 Å². The van der Waals surface area contributed by atoms with Gasteiger partial charge < -0.3 is 5.32 Å². The van der Waals surface area contributed by atoms with E-state index in [9.17, 15) is 0 Å². The molecule has 1 unspecified atom stereocenters. The van der Waals surface area contributed by atoms with Crippen molar-refractivity contribution in [2.24, 2.45) is 7.05 Å². The normalized spacial score (nSPS) is 12.1. The van der Waals surface area contributed by atoms with Gasteiger partial charge in [-0.3, -0.25) is 0 Å². The lowest BCUT2D eigenvalue weighted by atomic mass is 10.2. The number of rotatable bonds is 5. The summed E-state index contributed by atoms with van der Waals surface area (Å²) in [7, 11) is 1.81. The Bertz CT molecular complexity index is 777. The van der Waals surface area contributed by atoms with Crippen LogP contribution in [0.1, 0.15) is 10.9 Å². The molecule has 1 N–H and O–H groups in total. The second-order valence-electron chi connectivity index (χ2n) is 4.64. The molecule has 0 spiro atoms. The molecule has 118 valence electrons. The zero-order valence-corrected chi connectivity index (χ0v) is 15.2. The second kappa shape index (κ2) is 7.29. The summed E-state index contributed by atoms with van der Waals surface area (Å²) in [6, 6.07) is 11.7. The van der Waals surface area contributed by atoms with Crippen LogP contribution in [0, 0.1) is 0 Å². The molecule has 0 aliphatic rings. The minimum Gasteiger partial charge on any atom is -0.354 e. The van der Waals surface area contributed by atoms with Crippen LogP contribution in [0.15, 0.2) is 52.2 Å². The van der Waals surface area contributed by atoms with Crippen molar-refractivity contribution >= 4 is 45.1 Å². The topological polar surface area (TPSA) is 68.5 Å². The van der Waals surface area contributed by atoms with Crippen LogP contribution in [0.5, 0.6) is 0 Å². The van der Waals surface area contributed by atoms with Crippen molar-refractivity contribution in [2.45, 2.75) is 10.5 Å². The molecule has 0 amide bonds. The van der Waals surface area contributed by atoms with Crippen molar-refractivity contribution in [2.75, 3.05) is 5.32 Å². The lowest BCUT2D eigenvalue weighted by molar-refractivity contribution is 0.663. The van der Waals surface area contributed by atoms with Crippen LogP contribution in [-0.4, -0.2) is 25.2 Å². The number of aromatic nitrogens is 5. The van der Waals surface area contributed by atoms with Crippen LogP contribution in [-0.2, 0) is 7.05 Å². The number of benzene rings is 1. The number of hydrogen-bond donors (Lipinski definition) is 1. The molecule has 0 saturated heterocycles. The molecule has 1 aromatic carbocycles. The Hall–Kier alpha value is -1.64. The quantitative estimate of drug-likeness (QED) is 0.507. The molecule has 0 saturated carbocycles. The van der Waals surface area contributed by atoms with E-state index >= 15 is 0 Å². The van der Waals surface area contributed by atoms with Crippen LogP contribution in [0.2, 0.25) is 5.02 Å². The number of nitrogens with zero attached hydrogens (tertiary/aromatic N) is 5. The Morgan fingerprint density at radius 1 is 1.22 bits per heavy atom. The van der Waals surface area contributed by atoms with Crippen molar-refractivity contribution < 1.29 is 0 Å². The molecule has 6 nitrogen and oxygen atoms in total. The molecule has 2 heterocycles. The van der Waals surface area contributed by atoms with Gasteiger partial charge in [0.2, 0.25) is 5.16 Å². The first-order chi connectivity index (χ1) is 11.1. The third kappa shape index (κ3) is 4.21. The summed E-state index contributed by atoms with van der Waals surface area (Å²) in [5.74, 6) is 0.727. The maximum absolute atomic E-state index is 5.89. The summed E-state index contributed by atoms with van der Waals surface area (Å²) in [5, 5.41) is 16.2. The number of halogens is 2. The Kier molecular flexibility index (Phi) is 5.14. The molecule has 23 heavy (non-hydrogen) atoms. The summed E-state index contributed by atoms with van der Waals surface area (Å²) < 4.78 is 2.66. The van der Waals surface area contributed by atoms with Gasteiger partial charge in [0.15, 0.2) is 0 Å². The van der Waals surface area contributed by atoms with Crippen molar-refractivity contribution in [1.29, 1.82) is 0 Å². The van der Waals surface area contributed by atoms with Crippen LogP contribution in [0.4, 0.5) is 5.82 Å². The number of anilines is 1. The lowest BCUT2D eigenvalue weighted by Gasteiger charge is -2.18. The van der Waals surface area contributed by atoms with Gasteiger partial charge in [0, 0.05) is 17.7 Å². The van der Waals surface area contributed by atoms with E-state index in [-0.39, 0.29) is 5.37 Å². The minimum absolute atomic E-state index is 0.0959. The zero-order chi connectivity index (χ0) is 16.2. The molecule has 0 aliphatic carbocycles. The second-order valence-corrected chi connectivity index (χ2v) is 7.06. The van der Waals surface area contributed by atoms with Gasteiger partial charge in [-0.05, 0) is 40.3 Å². The molecular weight excluding hydrogens is 400 g/mol. The number of tetrazole rings is 1. The SMILES string of the molecule is Cn1nnnc1SC(Nc1ccc(Cl)cn1)c1ccc(Br)cc1. The highest BCUT2D eigenvalue weighted by molar-refractivity contribution is 9.10. The fourth-order valence-electron chi connectivity index (χ4n) is 1.84.